The predicted octanol–water partition coefficient (Wildman–Crippen LogP) is 2.30. The number of carboxylic acid groups (broad SMARTS) is 1. The van der Waals surface area contributed by atoms with Crippen LogP contribution in [0.3, 0.4) is 0 Å². The Morgan fingerprint density at radius 1 is 1.40 bits per heavy atom. The van der Waals surface area contributed by atoms with Gasteiger partial charge >= 0.3 is 5.97 Å². The molecule has 2 N–H and O–H groups in total. The van der Waals surface area contributed by atoms with Gasteiger partial charge in [-0.15, -0.1) is 0 Å². The van der Waals surface area contributed by atoms with E-state index in [0.717, 1.165) is 24.1 Å². The average molecular weight is 279 g/mol. The van der Waals surface area contributed by atoms with Gasteiger partial charge in [-0.25, -0.2) is 4.79 Å². The van der Waals surface area contributed by atoms with Crippen LogP contribution in [-0.2, 0) is 9.47 Å². The maximum atomic E-state index is 11.1. The van der Waals surface area contributed by atoms with E-state index in [9.17, 15) is 4.79 Å². The molecule has 0 bridgehead atoms. The number of carbonyl (C=O) groups is 1. The molecule has 1 saturated heterocycles. The van der Waals surface area contributed by atoms with Crippen molar-refractivity contribution in [2.24, 2.45) is 0 Å². The zero-order valence-corrected chi connectivity index (χ0v) is 11.9. The van der Waals surface area contributed by atoms with Crippen molar-refractivity contribution >= 4 is 11.7 Å². The topological polar surface area (TPSA) is 67.8 Å². The number of aromatic carboxylic acids is 1. The molecule has 1 aromatic rings. The predicted molar refractivity (Wildman–Crippen MR) is 76.4 cm³/mol. The minimum absolute atomic E-state index is 0.231. The van der Waals surface area contributed by atoms with Gasteiger partial charge < -0.3 is 19.9 Å². The van der Waals surface area contributed by atoms with E-state index < -0.39 is 5.97 Å². The molecule has 1 aromatic carbocycles. The molecular formula is C15H21NO4. The standard InChI is InChI=1S/C15H21NO4/c1-11-7-12(14(17)18)9-13(8-11)16-10-15(19-2)3-5-20-6-4-15/h7-9,16H,3-6,10H2,1-2H3,(H,17,18). The molecule has 1 heterocycles. The van der Waals surface area contributed by atoms with Crippen molar-refractivity contribution in [3.8, 4) is 0 Å². The lowest BCUT2D eigenvalue weighted by molar-refractivity contribution is -0.0807. The first-order chi connectivity index (χ1) is 9.54. The second kappa shape index (κ2) is 6.24. The number of ether oxygens (including phenoxy) is 2. The van der Waals surface area contributed by atoms with Crippen molar-refractivity contribution in [2.45, 2.75) is 25.4 Å². The molecule has 110 valence electrons. The van der Waals surface area contributed by atoms with Crippen molar-refractivity contribution in [3.63, 3.8) is 0 Å². The van der Waals surface area contributed by atoms with Crippen LogP contribution < -0.4 is 5.32 Å². The fourth-order valence-electron chi connectivity index (χ4n) is 2.47. The van der Waals surface area contributed by atoms with Gasteiger partial charge in [0.1, 0.15) is 0 Å². The summed E-state index contributed by atoms with van der Waals surface area (Å²) in [5, 5.41) is 12.4. The van der Waals surface area contributed by atoms with Crippen LogP contribution in [0.25, 0.3) is 0 Å². The summed E-state index contributed by atoms with van der Waals surface area (Å²) < 4.78 is 11.0. The number of hydrogen-bond acceptors (Lipinski definition) is 4. The number of nitrogens with one attached hydrogen (secondary N) is 1. The summed E-state index contributed by atoms with van der Waals surface area (Å²) in [6, 6.07) is 5.25. The lowest BCUT2D eigenvalue weighted by Gasteiger charge is -2.36. The van der Waals surface area contributed by atoms with E-state index in [1.807, 2.05) is 13.0 Å². The van der Waals surface area contributed by atoms with Crippen molar-refractivity contribution < 1.29 is 19.4 Å². The van der Waals surface area contributed by atoms with Crippen LogP contribution in [0.5, 0.6) is 0 Å². The highest BCUT2D eigenvalue weighted by Crippen LogP contribution is 2.25. The van der Waals surface area contributed by atoms with E-state index in [-0.39, 0.29) is 5.60 Å². The molecule has 1 aliphatic heterocycles. The van der Waals surface area contributed by atoms with Crippen molar-refractivity contribution in [2.75, 3.05) is 32.2 Å². The van der Waals surface area contributed by atoms with Crippen LogP contribution in [0.1, 0.15) is 28.8 Å². The highest BCUT2D eigenvalue weighted by Gasteiger charge is 2.32. The number of hydrogen-bond donors (Lipinski definition) is 2. The lowest BCUT2D eigenvalue weighted by atomic mass is 9.94. The van der Waals surface area contributed by atoms with Gasteiger partial charge in [-0.3, -0.25) is 0 Å². The zero-order chi connectivity index (χ0) is 14.6. The minimum atomic E-state index is -0.913. The Kier molecular flexibility index (Phi) is 4.62. The van der Waals surface area contributed by atoms with E-state index in [4.69, 9.17) is 14.6 Å². The minimum Gasteiger partial charge on any atom is -0.478 e. The van der Waals surface area contributed by atoms with Gasteiger partial charge in [0.25, 0.3) is 0 Å². The summed E-state index contributed by atoms with van der Waals surface area (Å²) in [4.78, 5) is 11.1. The van der Waals surface area contributed by atoms with Gasteiger partial charge in [0.05, 0.1) is 11.2 Å². The molecule has 0 radical (unpaired) electrons. The number of rotatable bonds is 5. The Morgan fingerprint density at radius 2 is 2.10 bits per heavy atom. The van der Waals surface area contributed by atoms with Crippen LogP contribution in [0.4, 0.5) is 5.69 Å². The number of methoxy groups -OCH3 is 1. The lowest BCUT2D eigenvalue weighted by Crippen LogP contribution is -2.44. The smallest absolute Gasteiger partial charge is 0.335 e. The van der Waals surface area contributed by atoms with E-state index in [0.29, 0.717) is 25.3 Å². The van der Waals surface area contributed by atoms with Gasteiger partial charge in [0.2, 0.25) is 0 Å². The fraction of sp³-hybridized carbons (Fsp3) is 0.533. The Morgan fingerprint density at radius 3 is 2.70 bits per heavy atom. The highest BCUT2D eigenvalue weighted by atomic mass is 16.5. The summed E-state index contributed by atoms with van der Waals surface area (Å²) in [6.45, 7) is 3.93. The Bertz CT molecular complexity index is 481. The second-order valence-corrected chi connectivity index (χ2v) is 5.25. The molecule has 1 fully saturated rings. The molecule has 20 heavy (non-hydrogen) atoms. The molecule has 0 atom stereocenters. The molecule has 0 spiro atoms. The van der Waals surface area contributed by atoms with Gasteiger partial charge in [0, 0.05) is 45.4 Å². The maximum absolute atomic E-state index is 11.1. The highest BCUT2D eigenvalue weighted by molar-refractivity contribution is 5.89. The number of anilines is 1. The van der Waals surface area contributed by atoms with Gasteiger partial charge in [-0.05, 0) is 30.7 Å². The molecule has 2 rings (SSSR count). The first-order valence-corrected chi connectivity index (χ1v) is 6.76. The second-order valence-electron chi connectivity index (χ2n) is 5.25. The molecule has 5 heteroatoms. The molecule has 1 aliphatic rings. The van der Waals surface area contributed by atoms with Crippen molar-refractivity contribution in [1.82, 2.24) is 0 Å². The van der Waals surface area contributed by atoms with Gasteiger partial charge in [0.15, 0.2) is 0 Å². The van der Waals surface area contributed by atoms with Crippen molar-refractivity contribution in [1.29, 1.82) is 0 Å². The Balaban J connectivity index is 2.07. The number of benzene rings is 1. The first kappa shape index (κ1) is 14.8. The van der Waals surface area contributed by atoms with E-state index in [1.165, 1.54) is 0 Å². The summed E-state index contributed by atoms with van der Waals surface area (Å²) in [6.07, 6.45) is 1.68. The molecule has 0 aromatic heterocycles. The third kappa shape index (κ3) is 3.49. The largest absolute Gasteiger partial charge is 0.478 e. The van der Waals surface area contributed by atoms with E-state index in [2.05, 4.69) is 5.32 Å². The Labute approximate surface area is 118 Å². The third-order valence-electron chi connectivity index (χ3n) is 3.78. The third-order valence-corrected chi connectivity index (χ3v) is 3.78. The number of aryl methyl sites for hydroxylation is 1. The fourth-order valence-corrected chi connectivity index (χ4v) is 2.47. The van der Waals surface area contributed by atoms with Crippen molar-refractivity contribution in [3.05, 3.63) is 29.3 Å². The molecule has 5 nitrogen and oxygen atoms in total. The van der Waals surface area contributed by atoms with Crippen LogP contribution in [-0.4, -0.2) is 43.5 Å². The normalized spacial score (nSPS) is 17.7. The maximum Gasteiger partial charge on any atom is 0.335 e. The van der Waals surface area contributed by atoms with Gasteiger partial charge in [-0.1, -0.05) is 0 Å². The molecule has 0 unspecified atom stereocenters. The summed E-state index contributed by atoms with van der Waals surface area (Å²) >= 11 is 0. The van der Waals surface area contributed by atoms with Crippen LogP contribution in [0.2, 0.25) is 0 Å². The van der Waals surface area contributed by atoms with Gasteiger partial charge in [-0.2, -0.15) is 0 Å². The average Bonchev–Trinajstić information content (AvgIpc) is 2.45. The molecule has 0 aliphatic carbocycles. The molecular weight excluding hydrogens is 258 g/mol. The van der Waals surface area contributed by atoms with Crippen LogP contribution in [0.15, 0.2) is 18.2 Å². The van der Waals surface area contributed by atoms with E-state index in [1.54, 1.807) is 19.2 Å². The summed E-state index contributed by atoms with van der Waals surface area (Å²) in [5.74, 6) is -0.913. The van der Waals surface area contributed by atoms with E-state index >= 15 is 0 Å². The summed E-state index contributed by atoms with van der Waals surface area (Å²) in [5.41, 5.74) is 1.80. The zero-order valence-electron chi connectivity index (χ0n) is 11.9. The van der Waals surface area contributed by atoms with Crippen LogP contribution in [0, 0.1) is 6.92 Å². The molecule has 0 amide bonds. The monoisotopic (exact) mass is 279 g/mol. The van der Waals surface area contributed by atoms with Crippen LogP contribution >= 0.6 is 0 Å². The first-order valence-electron chi connectivity index (χ1n) is 6.76. The Hall–Kier alpha value is -1.59. The quantitative estimate of drug-likeness (QED) is 0.865. The molecule has 0 saturated carbocycles. The number of carboxylic acids is 1. The summed E-state index contributed by atoms with van der Waals surface area (Å²) in [7, 11) is 1.71. The SMILES string of the molecule is COC1(CNc2cc(C)cc(C(=O)O)c2)CCOCC1.